The molecule has 0 spiro atoms. The van der Waals surface area contributed by atoms with Crippen LogP contribution >= 0.6 is 0 Å². The van der Waals surface area contributed by atoms with E-state index < -0.39 is 17.2 Å². The lowest BCUT2D eigenvalue weighted by atomic mass is 10.1. The highest BCUT2D eigenvalue weighted by molar-refractivity contribution is 5.87. The fraction of sp³-hybridized carbons (Fsp3) is 0.700. The summed E-state index contributed by atoms with van der Waals surface area (Å²) in [5, 5.41) is 2.48. The van der Waals surface area contributed by atoms with E-state index >= 15 is 0 Å². The van der Waals surface area contributed by atoms with Crippen LogP contribution in [0.1, 0.15) is 27.2 Å². The van der Waals surface area contributed by atoms with Gasteiger partial charge in [-0.2, -0.15) is 0 Å². The lowest BCUT2D eigenvalue weighted by Crippen LogP contribution is -2.33. The standard InChI is InChI=1S/C10H15F2NO/c1-7(2)4-5-13-8(14)9(3)6-10(9,11)12/h4H,5-6H2,1-3H3,(H,13,14). The minimum Gasteiger partial charge on any atom is -0.352 e. The van der Waals surface area contributed by atoms with Crippen LogP contribution in [-0.4, -0.2) is 18.4 Å². The van der Waals surface area contributed by atoms with Crippen LogP contribution in [0.4, 0.5) is 8.78 Å². The van der Waals surface area contributed by atoms with Crippen molar-refractivity contribution in [2.75, 3.05) is 6.54 Å². The smallest absolute Gasteiger partial charge is 0.263 e. The molecule has 14 heavy (non-hydrogen) atoms. The van der Waals surface area contributed by atoms with Crippen molar-refractivity contribution >= 4 is 5.91 Å². The van der Waals surface area contributed by atoms with Crippen molar-refractivity contribution in [1.29, 1.82) is 0 Å². The first kappa shape index (κ1) is 11.1. The molecule has 2 nitrogen and oxygen atoms in total. The quantitative estimate of drug-likeness (QED) is 0.699. The summed E-state index contributed by atoms with van der Waals surface area (Å²) in [5.74, 6) is -3.37. The molecular weight excluding hydrogens is 188 g/mol. The second-order valence-electron chi connectivity index (χ2n) is 4.20. The van der Waals surface area contributed by atoms with Crippen LogP contribution in [0.15, 0.2) is 11.6 Å². The molecule has 1 aliphatic rings. The van der Waals surface area contributed by atoms with E-state index in [1.807, 2.05) is 13.8 Å². The number of hydrogen-bond donors (Lipinski definition) is 1. The van der Waals surface area contributed by atoms with Gasteiger partial charge >= 0.3 is 0 Å². The second-order valence-corrected chi connectivity index (χ2v) is 4.20. The summed E-state index contributed by atoms with van der Waals surface area (Å²) in [6.07, 6.45) is 1.46. The Balaban J connectivity index is 2.42. The van der Waals surface area contributed by atoms with Crippen molar-refractivity contribution in [1.82, 2.24) is 5.32 Å². The maximum atomic E-state index is 12.7. The molecule has 1 atom stereocenters. The topological polar surface area (TPSA) is 29.1 Å². The zero-order valence-electron chi connectivity index (χ0n) is 8.66. The maximum absolute atomic E-state index is 12.7. The van der Waals surface area contributed by atoms with E-state index in [1.165, 1.54) is 6.92 Å². The number of halogens is 2. The van der Waals surface area contributed by atoms with Crippen LogP contribution in [0.3, 0.4) is 0 Å². The summed E-state index contributed by atoms with van der Waals surface area (Å²) < 4.78 is 25.5. The van der Waals surface area contributed by atoms with Crippen molar-refractivity contribution in [3.8, 4) is 0 Å². The molecule has 80 valence electrons. The third-order valence-corrected chi connectivity index (χ3v) is 2.53. The molecule has 4 heteroatoms. The zero-order valence-corrected chi connectivity index (χ0v) is 8.66. The van der Waals surface area contributed by atoms with Crippen LogP contribution in [0.25, 0.3) is 0 Å². The van der Waals surface area contributed by atoms with Crippen molar-refractivity contribution in [2.24, 2.45) is 5.41 Å². The molecule has 1 fully saturated rings. The molecule has 0 aromatic carbocycles. The van der Waals surface area contributed by atoms with Gasteiger partial charge in [0.15, 0.2) is 0 Å². The lowest BCUT2D eigenvalue weighted by molar-refractivity contribution is -0.129. The monoisotopic (exact) mass is 203 g/mol. The van der Waals surface area contributed by atoms with E-state index in [0.29, 0.717) is 6.54 Å². The van der Waals surface area contributed by atoms with Gasteiger partial charge in [-0.1, -0.05) is 11.6 Å². The Labute approximate surface area is 82.4 Å². The van der Waals surface area contributed by atoms with E-state index in [4.69, 9.17) is 0 Å². The summed E-state index contributed by atoms with van der Waals surface area (Å²) in [5.41, 5.74) is -0.416. The minimum atomic E-state index is -2.82. The van der Waals surface area contributed by atoms with Crippen molar-refractivity contribution < 1.29 is 13.6 Å². The number of alkyl halides is 2. The predicted octanol–water partition coefficient (Wildman–Crippen LogP) is 2.11. The second kappa shape index (κ2) is 3.33. The normalized spacial score (nSPS) is 28.1. The number of hydrogen-bond acceptors (Lipinski definition) is 1. The third kappa shape index (κ3) is 1.94. The van der Waals surface area contributed by atoms with Gasteiger partial charge in [-0.25, -0.2) is 8.78 Å². The van der Waals surface area contributed by atoms with Gasteiger partial charge in [-0.3, -0.25) is 4.79 Å². The molecule has 0 saturated heterocycles. The van der Waals surface area contributed by atoms with Gasteiger partial charge in [0, 0.05) is 13.0 Å². The summed E-state index contributed by atoms with van der Waals surface area (Å²) in [4.78, 5) is 11.3. The number of carbonyl (C=O) groups is 1. The molecule has 1 aliphatic carbocycles. The number of amides is 1. The molecule has 0 bridgehead atoms. The molecule has 0 aromatic rings. The van der Waals surface area contributed by atoms with Crippen LogP contribution < -0.4 is 5.32 Å². The van der Waals surface area contributed by atoms with Gasteiger partial charge in [0.25, 0.3) is 5.92 Å². The summed E-state index contributed by atoms with van der Waals surface area (Å²) in [6.45, 7) is 5.40. The molecular formula is C10H15F2NO. The van der Waals surface area contributed by atoms with Crippen molar-refractivity contribution in [2.45, 2.75) is 33.1 Å². The molecule has 0 radical (unpaired) electrons. The van der Waals surface area contributed by atoms with Gasteiger partial charge in [0.05, 0.1) is 0 Å². The van der Waals surface area contributed by atoms with Crippen molar-refractivity contribution in [3.63, 3.8) is 0 Å². The predicted molar refractivity (Wildman–Crippen MR) is 50.1 cm³/mol. The molecule has 0 aromatic heterocycles. The molecule has 1 saturated carbocycles. The fourth-order valence-electron chi connectivity index (χ4n) is 1.19. The Morgan fingerprint density at radius 1 is 1.50 bits per heavy atom. The molecule has 1 amide bonds. The summed E-state index contributed by atoms with van der Waals surface area (Å²) >= 11 is 0. The Morgan fingerprint density at radius 3 is 2.36 bits per heavy atom. The first-order valence-corrected chi connectivity index (χ1v) is 4.59. The highest BCUT2D eigenvalue weighted by Crippen LogP contribution is 2.60. The first-order chi connectivity index (χ1) is 6.29. The molecule has 0 heterocycles. The average Bonchev–Trinajstić information content (AvgIpc) is 2.51. The average molecular weight is 203 g/mol. The van der Waals surface area contributed by atoms with Gasteiger partial charge in [-0.05, 0) is 20.8 Å². The fourth-order valence-corrected chi connectivity index (χ4v) is 1.19. The number of carbonyl (C=O) groups excluding carboxylic acids is 1. The third-order valence-electron chi connectivity index (χ3n) is 2.53. The van der Waals surface area contributed by atoms with Gasteiger partial charge in [-0.15, -0.1) is 0 Å². The number of rotatable bonds is 3. The van der Waals surface area contributed by atoms with E-state index in [9.17, 15) is 13.6 Å². The van der Waals surface area contributed by atoms with Crippen LogP contribution in [0.2, 0.25) is 0 Å². The van der Waals surface area contributed by atoms with E-state index in [0.717, 1.165) is 5.57 Å². The largest absolute Gasteiger partial charge is 0.352 e. The Hall–Kier alpha value is -0.930. The molecule has 1 unspecified atom stereocenters. The van der Waals surface area contributed by atoms with E-state index in [2.05, 4.69) is 5.32 Å². The van der Waals surface area contributed by atoms with Gasteiger partial charge < -0.3 is 5.32 Å². The Morgan fingerprint density at radius 2 is 2.00 bits per heavy atom. The molecule has 0 aliphatic heterocycles. The SMILES string of the molecule is CC(C)=CCNC(=O)C1(C)CC1(F)F. The van der Waals surface area contributed by atoms with Gasteiger partial charge in [0.1, 0.15) is 5.41 Å². The molecule has 1 N–H and O–H groups in total. The molecule has 1 rings (SSSR count). The first-order valence-electron chi connectivity index (χ1n) is 4.59. The number of allylic oxidation sites excluding steroid dienone is 1. The van der Waals surface area contributed by atoms with Crippen LogP contribution in [-0.2, 0) is 4.79 Å². The van der Waals surface area contributed by atoms with Crippen molar-refractivity contribution in [3.05, 3.63) is 11.6 Å². The Bertz CT molecular complexity index is 282. The summed E-state index contributed by atoms with van der Waals surface area (Å²) in [6, 6.07) is 0. The van der Waals surface area contributed by atoms with Gasteiger partial charge in [0.2, 0.25) is 5.91 Å². The van der Waals surface area contributed by atoms with E-state index in [-0.39, 0.29) is 6.42 Å². The highest BCUT2D eigenvalue weighted by Gasteiger charge is 2.72. The zero-order chi connectivity index (χ0) is 11.0. The minimum absolute atomic E-state index is 0.326. The summed E-state index contributed by atoms with van der Waals surface area (Å²) in [7, 11) is 0. The van der Waals surface area contributed by atoms with Crippen LogP contribution in [0, 0.1) is 5.41 Å². The Kier molecular flexibility index (Phi) is 2.65. The van der Waals surface area contributed by atoms with Crippen LogP contribution in [0.5, 0.6) is 0 Å². The lowest BCUT2D eigenvalue weighted by Gasteiger charge is -2.09. The highest BCUT2D eigenvalue weighted by atomic mass is 19.3. The maximum Gasteiger partial charge on any atom is 0.263 e. The number of nitrogens with one attached hydrogen (secondary N) is 1. The van der Waals surface area contributed by atoms with E-state index in [1.54, 1.807) is 6.08 Å².